The fourth-order valence-corrected chi connectivity index (χ4v) is 9.54. The predicted octanol–water partition coefficient (Wildman–Crippen LogP) is 1.54. The normalized spacial score (nSPS) is 33.7. The summed E-state index contributed by atoms with van der Waals surface area (Å²) in [5.74, 6) is -0.364. The smallest absolute Gasteiger partial charge is 0.349 e. The number of hydrogen-bond donors (Lipinski definition) is 2. The van der Waals surface area contributed by atoms with Crippen LogP contribution in [0.15, 0.2) is 0 Å². The Morgan fingerprint density at radius 3 is 2.22 bits per heavy atom. The first-order chi connectivity index (χ1) is 12.1. The van der Waals surface area contributed by atoms with Crippen molar-refractivity contribution in [1.82, 2.24) is 5.32 Å². The Hall–Kier alpha value is -0.323. The minimum absolute atomic E-state index is 0.219. The van der Waals surface area contributed by atoms with Crippen molar-refractivity contribution < 1.29 is 37.3 Å². The number of amides is 1. The first-order valence-corrected chi connectivity index (χ1v) is 12.3. The lowest BCUT2D eigenvalue weighted by Crippen LogP contribution is -2.68. The molecular weight excluding hydrogens is 393 g/mol. The highest BCUT2D eigenvalue weighted by Crippen LogP contribution is 2.55. The Balaban J connectivity index is 2.29. The lowest BCUT2D eigenvalue weighted by molar-refractivity contribution is -0.270. The van der Waals surface area contributed by atoms with E-state index >= 15 is 0 Å². The first-order valence-electron chi connectivity index (χ1n) is 9.02. The Bertz CT molecular complexity index is 597. The first kappa shape index (κ1) is 23.0. The van der Waals surface area contributed by atoms with Gasteiger partial charge in [0.25, 0.3) is 7.82 Å². The van der Waals surface area contributed by atoms with E-state index in [4.69, 9.17) is 18.5 Å². The lowest BCUT2D eigenvalue weighted by Gasteiger charge is -2.56. The maximum atomic E-state index is 11.5. The van der Waals surface area contributed by atoms with E-state index in [1.165, 1.54) is 6.92 Å². The van der Waals surface area contributed by atoms with Gasteiger partial charge in [0.15, 0.2) is 6.29 Å². The number of phosphoric acid groups is 1. The van der Waals surface area contributed by atoms with Crippen molar-refractivity contribution in [3.8, 4) is 0 Å². The van der Waals surface area contributed by atoms with Crippen LogP contribution in [0.5, 0.6) is 0 Å². The van der Waals surface area contributed by atoms with E-state index in [0.717, 1.165) is 0 Å². The second kappa shape index (κ2) is 7.49. The van der Waals surface area contributed by atoms with Crippen LogP contribution in [0, 0.1) is 0 Å². The molecule has 5 atom stereocenters. The summed E-state index contributed by atoms with van der Waals surface area (Å²) in [5.41, 5.74) is 0. The van der Waals surface area contributed by atoms with Crippen molar-refractivity contribution in [3.63, 3.8) is 0 Å². The van der Waals surface area contributed by atoms with Crippen LogP contribution in [-0.2, 0) is 27.5 Å². The molecule has 0 aliphatic carbocycles. The average Bonchev–Trinajstić information content (AvgIpc) is 2.42. The largest absolute Gasteiger partial charge is 0.756 e. The van der Waals surface area contributed by atoms with Crippen molar-refractivity contribution in [2.75, 3.05) is 6.61 Å². The molecule has 9 nitrogen and oxygen atoms in total. The van der Waals surface area contributed by atoms with Gasteiger partial charge in [-0.2, -0.15) is 0 Å². The number of phosphoric ester groups is 1. The number of hydrogen-bond acceptors (Lipinski definition) is 7. The van der Waals surface area contributed by atoms with Gasteiger partial charge in [-0.3, -0.25) is 13.9 Å². The summed E-state index contributed by atoms with van der Waals surface area (Å²) < 4.78 is 34.4. The zero-order valence-electron chi connectivity index (χ0n) is 17.0. The molecule has 0 aromatic heterocycles. The zero-order valence-corrected chi connectivity index (χ0v) is 18.9. The lowest BCUT2D eigenvalue weighted by atomic mass is 10.0. The molecule has 2 rings (SSSR count). The summed E-state index contributed by atoms with van der Waals surface area (Å²) in [6.45, 7) is 14.1. The van der Waals surface area contributed by atoms with Gasteiger partial charge in [-0.15, -0.1) is 0 Å². The van der Waals surface area contributed by atoms with Crippen molar-refractivity contribution in [2.24, 2.45) is 0 Å². The van der Waals surface area contributed by atoms with E-state index in [0.29, 0.717) is 6.42 Å². The van der Waals surface area contributed by atoms with Crippen molar-refractivity contribution in [2.45, 2.75) is 89.5 Å². The van der Waals surface area contributed by atoms with Crippen LogP contribution >= 0.6 is 7.82 Å². The Kier molecular flexibility index (Phi) is 6.37. The predicted molar refractivity (Wildman–Crippen MR) is 97.8 cm³/mol. The van der Waals surface area contributed by atoms with Gasteiger partial charge in [0.05, 0.1) is 18.8 Å². The monoisotopic (exact) mass is 424 g/mol. The molecule has 0 aromatic rings. The van der Waals surface area contributed by atoms with Gasteiger partial charge < -0.3 is 28.7 Å². The maximum absolute atomic E-state index is 11.5. The third kappa shape index (κ3) is 5.00. The molecule has 2 aliphatic heterocycles. The third-order valence-electron chi connectivity index (χ3n) is 4.91. The van der Waals surface area contributed by atoms with Crippen LogP contribution < -0.4 is 10.2 Å². The Morgan fingerprint density at radius 1 is 1.22 bits per heavy atom. The van der Waals surface area contributed by atoms with Gasteiger partial charge in [0, 0.05) is 23.4 Å². The summed E-state index contributed by atoms with van der Waals surface area (Å²) >= 11 is 0. The van der Waals surface area contributed by atoms with E-state index in [-0.39, 0.29) is 28.7 Å². The minimum Gasteiger partial charge on any atom is -0.756 e. The second-order valence-electron chi connectivity index (χ2n) is 9.24. The van der Waals surface area contributed by atoms with Crippen LogP contribution in [0.3, 0.4) is 0 Å². The molecule has 0 saturated carbocycles. The molecule has 2 saturated heterocycles. The maximum Gasteiger partial charge on any atom is 0.349 e. The highest BCUT2D eigenvalue weighted by atomic mass is 31.2. The summed E-state index contributed by atoms with van der Waals surface area (Å²) in [6, 6.07) is -0.775. The third-order valence-corrected chi connectivity index (χ3v) is 10.5. The molecule has 11 heteroatoms. The number of rotatable bonds is 3. The molecule has 158 valence electrons. The number of ether oxygens (including phenoxy) is 1. The van der Waals surface area contributed by atoms with Gasteiger partial charge >= 0.3 is 8.56 Å². The molecule has 0 bridgehead atoms. The van der Waals surface area contributed by atoms with E-state index in [1.54, 1.807) is 0 Å². The van der Waals surface area contributed by atoms with E-state index in [9.17, 15) is 14.3 Å². The van der Waals surface area contributed by atoms with Crippen LogP contribution in [0.4, 0.5) is 0 Å². The number of carbonyl (C=O) groups excluding carboxylic acids is 1. The Labute approximate surface area is 161 Å². The van der Waals surface area contributed by atoms with E-state index < -0.39 is 34.8 Å². The van der Waals surface area contributed by atoms with Crippen LogP contribution in [0.2, 0.25) is 10.1 Å². The molecule has 0 radical (unpaired) electrons. The van der Waals surface area contributed by atoms with Crippen molar-refractivity contribution >= 4 is 22.3 Å². The fraction of sp³-hybridized carbons (Fsp3) is 0.938. The van der Waals surface area contributed by atoms with E-state index in [2.05, 4.69) is 51.4 Å². The SMILES string of the molecule is CC(=O)NC1CC2O[Si](C(C)(C)C)(C(C)(C)C)OCC2OC1OP(=O)([O-])O. The summed E-state index contributed by atoms with van der Waals surface area (Å²) in [5, 5.41) is 2.19. The summed E-state index contributed by atoms with van der Waals surface area (Å²) in [7, 11) is -7.77. The minimum atomic E-state index is -5.04. The number of fused-ring (bicyclic) bond motifs is 1. The van der Waals surface area contributed by atoms with Crippen LogP contribution in [0.25, 0.3) is 0 Å². The number of carbonyl (C=O) groups is 1. The summed E-state index contributed by atoms with van der Waals surface area (Å²) in [6.07, 6.45) is -1.99. The molecule has 0 spiro atoms. The standard InChI is InChI=1S/C16H32NO8PSi/c1-10(18)17-11-8-12-13(23-14(11)24-26(19,20)21)9-22-27(25-12,15(2,3)4)16(5,6)7/h11-14H,8-9H2,1-7H3,(H,17,18)(H2,19,20,21)/p-1. The van der Waals surface area contributed by atoms with Gasteiger partial charge in [-0.25, -0.2) is 0 Å². The molecular formula is C16H31NO8PSi-. The molecule has 2 heterocycles. The molecule has 2 N–H and O–H groups in total. The molecule has 2 fully saturated rings. The molecule has 0 aromatic carbocycles. The quantitative estimate of drug-likeness (QED) is 0.516. The van der Waals surface area contributed by atoms with Crippen molar-refractivity contribution in [3.05, 3.63) is 0 Å². The second-order valence-corrected chi connectivity index (χ2v) is 15.1. The van der Waals surface area contributed by atoms with Crippen molar-refractivity contribution in [1.29, 1.82) is 0 Å². The molecule has 27 heavy (non-hydrogen) atoms. The fourth-order valence-electron chi connectivity index (χ4n) is 4.11. The number of nitrogens with one attached hydrogen (secondary N) is 1. The molecule has 2 aliphatic rings. The zero-order chi connectivity index (χ0) is 20.8. The average molecular weight is 424 g/mol. The highest BCUT2D eigenvalue weighted by Gasteiger charge is 2.63. The Morgan fingerprint density at radius 2 is 1.78 bits per heavy atom. The van der Waals surface area contributed by atoms with Gasteiger partial charge in [-0.1, -0.05) is 41.5 Å². The van der Waals surface area contributed by atoms with Gasteiger partial charge in [-0.05, 0) is 0 Å². The highest BCUT2D eigenvalue weighted by molar-refractivity contribution is 7.44. The van der Waals surface area contributed by atoms with Crippen LogP contribution in [0.1, 0.15) is 54.9 Å². The van der Waals surface area contributed by atoms with Gasteiger partial charge in [0.2, 0.25) is 5.91 Å². The van der Waals surface area contributed by atoms with Crippen LogP contribution in [-0.4, -0.2) is 50.5 Å². The van der Waals surface area contributed by atoms with Gasteiger partial charge in [0.1, 0.15) is 6.10 Å². The topological polar surface area (TPSA) is 126 Å². The van der Waals surface area contributed by atoms with E-state index in [1.807, 2.05) is 0 Å². The molecule has 1 amide bonds. The summed E-state index contributed by atoms with van der Waals surface area (Å²) in [4.78, 5) is 31.8. The molecule has 5 unspecified atom stereocenters.